The molecule has 1 N–H and O–H groups in total. The van der Waals surface area contributed by atoms with Crippen LogP contribution < -0.4 is 0 Å². The van der Waals surface area contributed by atoms with Crippen molar-refractivity contribution in [2.75, 3.05) is 7.11 Å². The zero-order valence-electron chi connectivity index (χ0n) is 10.2. The van der Waals surface area contributed by atoms with Crippen molar-refractivity contribution in [2.45, 2.75) is 65.5 Å². The van der Waals surface area contributed by atoms with Gasteiger partial charge in [-0.15, -0.1) is 0 Å². The smallest absolute Gasteiger partial charge is 0.100 e. The van der Waals surface area contributed by atoms with Crippen LogP contribution in [0.3, 0.4) is 0 Å². The Morgan fingerprint density at radius 1 is 1.00 bits per heavy atom. The lowest BCUT2D eigenvalue weighted by Crippen LogP contribution is -2.08. The summed E-state index contributed by atoms with van der Waals surface area (Å²) in [7, 11) is 1.00. The van der Waals surface area contributed by atoms with Crippen molar-refractivity contribution in [1.82, 2.24) is 0 Å². The van der Waals surface area contributed by atoms with E-state index >= 15 is 0 Å². The molecule has 0 aliphatic heterocycles. The molecule has 0 bridgehead atoms. The van der Waals surface area contributed by atoms with Gasteiger partial charge in [0, 0.05) is 7.11 Å². The molecule has 0 fully saturated rings. The van der Waals surface area contributed by atoms with E-state index in [0.717, 1.165) is 13.5 Å². The monoisotopic (exact) mass is 206 g/mol. The highest BCUT2D eigenvalue weighted by Gasteiger charge is 2.12. The summed E-state index contributed by atoms with van der Waals surface area (Å²) in [5, 5.41) is 7.00. The molecule has 0 aliphatic carbocycles. The number of alkyl halides is 1. The van der Waals surface area contributed by atoms with Crippen LogP contribution >= 0.6 is 0 Å². The van der Waals surface area contributed by atoms with Gasteiger partial charge in [0.2, 0.25) is 0 Å². The van der Waals surface area contributed by atoms with E-state index in [9.17, 15) is 4.39 Å². The molecule has 0 spiro atoms. The molecule has 0 radical (unpaired) electrons. The summed E-state index contributed by atoms with van der Waals surface area (Å²) in [4.78, 5) is 0. The molecule has 0 heterocycles. The highest BCUT2D eigenvalue weighted by molar-refractivity contribution is 4.63. The fourth-order valence-corrected chi connectivity index (χ4v) is 1.72. The first-order valence-electron chi connectivity index (χ1n) is 5.83. The van der Waals surface area contributed by atoms with Gasteiger partial charge in [-0.2, -0.15) is 0 Å². The minimum absolute atomic E-state index is 0.562. The predicted octanol–water partition coefficient (Wildman–Crippen LogP) is 3.95. The third-order valence-electron chi connectivity index (χ3n) is 2.43. The van der Waals surface area contributed by atoms with Crippen LogP contribution in [0.5, 0.6) is 0 Å². The largest absolute Gasteiger partial charge is 0.400 e. The van der Waals surface area contributed by atoms with Crippen molar-refractivity contribution in [1.29, 1.82) is 0 Å². The lowest BCUT2D eigenvalue weighted by molar-refractivity contribution is 0.244. The fourth-order valence-electron chi connectivity index (χ4n) is 1.72. The third kappa shape index (κ3) is 9.97. The highest BCUT2D eigenvalue weighted by Crippen LogP contribution is 2.21. The summed E-state index contributed by atoms with van der Waals surface area (Å²) in [6.07, 6.45) is 5.71. The first-order chi connectivity index (χ1) is 6.74. The molecule has 1 unspecified atom stereocenters. The molecule has 0 saturated heterocycles. The Morgan fingerprint density at radius 3 is 1.71 bits per heavy atom. The average molecular weight is 206 g/mol. The summed E-state index contributed by atoms with van der Waals surface area (Å²) in [5.41, 5.74) is 0. The molecule has 1 nitrogen and oxygen atoms in total. The predicted molar refractivity (Wildman–Crippen MR) is 61.3 cm³/mol. The SMILES string of the molecule is CCCC(CCC)CC(F)CC.CO. The van der Waals surface area contributed by atoms with Crippen molar-refractivity contribution < 1.29 is 9.50 Å². The molecule has 14 heavy (non-hydrogen) atoms. The van der Waals surface area contributed by atoms with Crippen LogP contribution in [0.15, 0.2) is 0 Å². The molecule has 0 aromatic carbocycles. The van der Waals surface area contributed by atoms with Crippen LogP contribution in [0, 0.1) is 5.92 Å². The van der Waals surface area contributed by atoms with Gasteiger partial charge in [-0.3, -0.25) is 0 Å². The fraction of sp³-hybridized carbons (Fsp3) is 1.00. The highest BCUT2D eigenvalue weighted by atomic mass is 19.1. The van der Waals surface area contributed by atoms with Crippen LogP contribution in [-0.2, 0) is 0 Å². The molecule has 0 rings (SSSR count). The first kappa shape index (κ1) is 16.3. The number of rotatable bonds is 7. The maximum Gasteiger partial charge on any atom is 0.100 e. The third-order valence-corrected chi connectivity index (χ3v) is 2.43. The lowest BCUT2D eigenvalue weighted by Gasteiger charge is -2.16. The van der Waals surface area contributed by atoms with Crippen LogP contribution in [0.4, 0.5) is 4.39 Å². The van der Waals surface area contributed by atoms with E-state index in [-0.39, 0.29) is 0 Å². The average Bonchev–Trinajstić information content (AvgIpc) is 2.21. The Hall–Kier alpha value is -0.110. The second-order valence-corrected chi connectivity index (χ2v) is 3.68. The Kier molecular flexibility index (Phi) is 15.0. The maximum atomic E-state index is 13.0. The Morgan fingerprint density at radius 2 is 1.43 bits per heavy atom. The van der Waals surface area contributed by atoms with Crippen molar-refractivity contribution >= 4 is 0 Å². The molecule has 0 saturated carbocycles. The molecule has 0 aliphatic rings. The summed E-state index contributed by atoms with van der Waals surface area (Å²) in [6.45, 7) is 6.29. The van der Waals surface area contributed by atoms with Gasteiger partial charge >= 0.3 is 0 Å². The summed E-state index contributed by atoms with van der Waals surface area (Å²) in [5.74, 6) is 0.634. The van der Waals surface area contributed by atoms with E-state index in [1.165, 1.54) is 25.7 Å². The van der Waals surface area contributed by atoms with Crippen molar-refractivity contribution in [3.8, 4) is 0 Å². The number of hydrogen-bond acceptors (Lipinski definition) is 1. The second kappa shape index (κ2) is 12.9. The Bertz CT molecular complexity index is 90.3. The second-order valence-electron chi connectivity index (χ2n) is 3.68. The van der Waals surface area contributed by atoms with Crippen molar-refractivity contribution in [3.63, 3.8) is 0 Å². The minimum Gasteiger partial charge on any atom is -0.400 e. The van der Waals surface area contributed by atoms with E-state index < -0.39 is 6.17 Å². The van der Waals surface area contributed by atoms with Crippen LogP contribution in [0.25, 0.3) is 0 Å². The van der Waals surface area contributed by atoms with E-state index in [1.807, 2.05) is 6.92 Å². The van der Waals surface area contributed by atoms with Crippen molar-refractivity contribution in [2.24, 2.45) is 5.92 Å². The molecule has 0 aromatic heterocycles. The molecular formula is C12H27FO. The molecular weight excluding hydrogens is 179 g/mol. The molecule has 0 aromatic rings. The standard InChI is InChI=1S/C11H23F.CH4O/c1-4-7-10(8-5-2)9-11(12)6-3;1-2/h10-11H,4-9H2,1-3H3;2H,1H3. The molecule has 88 valence electrons. The van der Waals surface area contributed by atoms with Crippen LogP contribution in [0.1, 0.15) is 59.3 Å². The Labute approximate surface area is 88.7 Å². The van der Waals surface area contributed by atoms with Gasteiger partial charge in [-0.1, -0.05) is 46.5 Å². The summed E-state index contributed by atoms with van der Waals surface area (Å²) < 4.78 is 13.0. The zero-order valence-corrected chi connectivity index (χ0v) is 10.2. The number of hydrogen-bond donors (Lipinski definition) is 1. The molecule has 0 amide bonds. The van der Waals surface area contributed by atoms with Gasteiger partial charge in [0.25, 0.3) is 0 Å². The van der Waals surface area contributed by atoms with Crippen molar-refractivity contribution in [3.05, 3.63) is 0 Å². The van der Waals surface area contributed by atoms with Crippen LogP contribution in [-0.4, -0.2) is 18.4 Å². The van der Waals surface area contributed by atoms with Gasteiger partial charge in [0.15, 0.2) is 0 Å². The molecule has 1 atom stereocenters. The quantitative estimate of drug-likeness (QED) is 0.668. The van der Waals surface area contributed by atoms with Gasteiger partial charge in [-0.05, 0) is 18.8 Å². The van der Waals surface area contributed by atoms with E-state index in [4.69, 9.17) is 5.11 Å². The van der Waals surface area contributed by atoms with E-state index in [0.29, 0.717) is 12.3 Å². The summed E-state index contributed by atoms with van der Waals surface area (Å²) in [6, 6.07) is 0. The van der Waals surface area contributed by atoms with E-state index in [2.05, 4.69) is 13.8 Å². The Balaban J connectivity index is 0. The number of aliphatic hydroxyl groups excluding tert-OH is 1. The summed E-state index contributed by atoms with van der Waals surface area (Å²) >= 11 is 0. The minimum atomic E-state index is -0.562. The molecule has 2 heteroatoms. The maximum absolute atomic E-state index is 13.0. The van der Waals surface area contributed by atoms with Gasteiger partial charge in [0.05, 0.1) is 0 Å². The first-order valence-corrected chi connectivity index (χ1v) is 5.83. The van der Waals surface area contributed by atoms with Gasteiger partial charge in [0.1, 0.15) is 6.17 Å². The zero-order chi connectivity index (χ0) is 11.4. The number of aliphatic hydroxyl groups is 1. The number of halogens is 1. The topological polar surface area (TPSA) is 20.2 Å². The normalized spacial score (nSPS) is 12.2. The lowest BCUT2D eigenvalue weighted by atomic mass is 9.92. The van der Waals surface area contributed by atoms with Crippen LogP contribution in [0.2, 0.25) is 0 Å². The van der Waals surface area contributed by atoms with Gasteiger partial charge < -0.3 is 5.11 Å². The van der Waals surface area contributed by atoms with Gasteiger partial charge in [-0.25, -0.2) is 4.39 Å². The van der Waals surface area contributed by atoms with E-state index in [1.54, 1.807) is 0 Å².